The molecule has 2 aromatic heterocycles. The molecule has 0 unspecified atom stereocenters. The molecule has 1 saturated heterocycles. The van der Waals surface area contributed by atoms with Crippen LogP contribution in [0.25, 0.3) is 0 Å². The second kappa shape index (κ2) is 8.49. The predicted octanol–water partition coefficient (Wildman–Crippen LogP) is 0.654. The lowest BCUT2D eigenvalue weighted by Crippen LogP contribution is -2.52. The van der Waals surface area contributed by atoms with Gasteiger partial charge in [-0.3, -0.25) is 14.6 Å². The van der Waals surface area contributed by atoms with Gasteiger partial charge in [-0.15, -0.1) is 0 Å². The Balaban J connectivity index is 1.49. The molecule has 0 saturated carbocycles. The van der Waals surface area contributed by atoms with Crippen LogP contribution in [-0.2, 0) is 13.1 Å². The molecule has 2 aromatic rings. The van der Waals surface area contributed by atoms with Gasteiger partial charge < -0.3 is 14.7 Å². The number of aromatic nitrogens is 3. The highest BCUT2D eigenvalue weighted by Crippen LogP contribution is 2.07. The second-order valence-electron chi connectivity index (χ2n) is 5.76. The monoisotopic (exact) mass is 331 g/mol. The highest BCUT2D eigenvalue weighted by molar-refractivity contribution is 5.80. The van der Waals surface area contributed by atoms with Crippen molar-refractivity contribution in [2.75, 3.05) is 39.3 Å². The van der Waals surface area contributed by atoms with Crippen LogP contribution in [0.4, 0.5) is 0 Å². The van der Waals surface area contributed by atoms with Crippen LogP contribution in [0.15, 0.2) is 40.3 Å². The lowest BCUT2D eigenvalue weighted by atomic mass is 10.3. The van der Waals surface area contributed by atoms with E-state index in [0.29, 0.717) is 0 Å². The number of hydrogen-bond donors (Lipinski definition) is 1. The van der Waals surface area contributed by atoms with E-state index >= 15 is 0 Å². The van der Waals surface area contributed by atoms with E-state index in [2.05, 4.69) is 32.3 Å². The van der Waals surface area contributed by atoms with Crippen LogP contribution >= 0.6 is 0 Å². The molecule has 8 heteroatoms. The highest BCUT2D eigenvalue weighted by Gasteiger charge is 2.20. The number of guanidine groups is 1. The molecule has 0 aromatic carbocycles. The van der Waals surface area contributed by atoms with Gasteiger partial charge in [0.05, 0.1) is 18.8 Å². The Bertz CT molecular complexity index is 600. The second-order valence-corrected chi connectivity index (χ2v) is 5.76. The average Bonchev–Trinajstić information content (AvgIpc) is 3.29. The predicted molar refractivity (Wildman–Crippen MR) is 91.6 cm³/mol. The number of nitrogens with zero attached hydrogens (tertiary/aromatic N) is 6. The average molecular weight is 331 g/mol. The summed E-state index contributed by atoms with van der Waals surface area (Å²) in [4.78, 5) is 9.45. The summed E-state index contributed by atoms with van der Waals surface area (Å²) < 4.78 is 6.80. The topological polar surface area (TPSA) is 74.7 Å². The van der Waals surface area contributed by atoms with E-state index in [1.54, 1.807) is 12.5 Å². The number of aliphatic imine (C=N–C) groups is 1. The molecule has 24 heavy (non-hydrogen) atoms. The molecule has 130 valence electrons. The molecular formula is C16H25N7O. The first-order valence-electron chi connectivity index (χ1n) is 8.47. The molecule has 1 fully saturated rings. The molecule has 1 N–H and O–H groups in total. The lowest BCUT2D eigenvalue weighted by molar-refractivity contribution is 0.169. The van der Waals surface area contributed by atoms with Gasteiger partial charge in [0.15, 0.2) is 5.96 Å². The fourth-order valence-electron chi connectivity index (χ4n) is 2.78. The zero-order valence-corrected chi connectivity index (χ0v) is 14.1. The van der Waals surface area contributed by atoms with Crippen molar-refractivity contribution < 1.29 is 4.52 Å². The molecule has 0 radical (unpaired) electrons. The summed E-state index contributed by atoms with van der Waals surface area (Å²) in [6.07, 6.45) is 5.38. The Morgan fingerprint density at radius 3 is 2.88 bits per heavy atom. The lowest BCUT2D eigenvalue weighted by Gasteiger charge is -2.36. The van der Waals surface area contributed by atoms with E-state index in [1.807, 2.05) is 23.0 Å². The van der Waals surface area contributed by atoms with Gasteiger partial charge in [-0.1, -0.05) is 5.16 Å². The largest absolute Gasteiger partial charge is 0.364 e. The van der Waals surface area contributed by atoms with Crippen molar-refractivity contribution in [1.82, 2.24) is 30.1 Å². The fourth-order valence-corrected chi connectivity index (χ4v) is 2.78. The Kier molecular flexibility index (Phi) is 5.84. The molecule has 0 amide bonds. The molecule has 0 atom stereocenters. The van der Waals surface area contributed by atoms with E-state index in [4.69, 9.17) is 9.52 Å². The van der Waals surface area contributed by atoms with Crippen molar-refractivity contribution in [1.29, 1.82) is 0 Å². The van der Waals surface area contributed by atoms with Gasteiger partial charge in [-0.25, -0.2) is 0 Å². The molecule has 1 aliphatic rings. The van der Waals surface area contributed by atoms with Gasteiger partial charge >= 0.3 is 0 Å². The van der Waals surface area contributed by atoms with Crippen LogP contribution in [0, 0.1) is 0 Å². The maximum absolute atomic E-state index is 4.90. The smallest absolute Gasteiger partial charge is 0.194 e. The van der Waals surface area contributed by atoms with Crippen molar-refractivity contribution in [3.05, 3.63) is 36.5 Å². The first-order valence-corrected chi connectivity index (χ1v) is 8.47. The normalized spacial score (nSPS) is 16.5. The molecule has 3 heterocycles. The minimum Gasteiger partial charge on any atom is -0.364 e. The number of hydrogen-bond acceptors (Lipinski definition) is 5. The Morgan fingerprint density at radius 2 is 2.21 bits per heavy atom. The van der Waals surface area contributed by atoms with Crippen molar-refractivity contribution >= 4 is 5.96 Å². The highest BCUT2D eigenvalue weighted by atomic mass is 16.5. The minimum absolute atomic E-state index is 0.725. The fraction of sp³-hybridized carbons (Fsp3) is 0.562. The number of rotatable bonds is 6. The summed E-state index contributed by atoms with van der Waals surface area (Å²) in [6.45, 7) is 9.27. The third kappa shape index (κ3) is 4.58. The molecule has 8 nitrogen and oxygen atoms in total. The minimum atomic E-state index is 0.725. The molecular weight excluding hydrogens is 306 g/mol. The van der Waals surface area contributed by atoms with Gasteiger partial charge in [0.2, 0.25) is 0 Å². The van der Waals surface area contributed by atoms with Crippen molar-refractivity contribution in [2.45, 2.75) is 20.0 Å². The van der Waals surface area contributed by atoms with E-state index in [0.717, 1.165) is 64.0 Å². The molecule has 3 rings (SSSR count). The molecule has 0 bridgehead atoms. The summed E-state index contributed by atoms with van der Waals surface area (Å²) in [5.74, 6) is 0.991. The first kappa shape index (κ1) is 16.5. The standard InChI is InChI=1S/C16H25N7O/c1-2-17-16(18-6-8-23-7-3-5-19-23)22-11-9-21(10-12-22)14-15-4-13-24-20-15/h3-5,7,13H,2,6,8-12,14H2,1H3,(H,17,18). The summed E-state index contributed by atoms with van der Waals surface area (Å²) in [5, 5.41) is 11.6. The zero-order valence-electron chi connectivity index (χ0n) is 14.1. The number of piperazine rings is 1. The van der Waals surface area contributed by atoms with Gasteiger partial charge in [-0.2, -0.15) is 5.10 Å². The van der Waals surface area contributed by atoms with Gasteiger partial charge in [0, 0.05) is 57.7 Å². The third-order valence-electron chi connectivity index (χ3n) is 4.03. The summed E-state index contributed by atoms with van der Waals surface area (Å²) in [5.41, 5.74) is 0.989. The van der Waals surface area contributed by atoms with Crippen molar-refractivity contribution in [3.63, 3.8) is 0 Å². The van der Waals surface area contributed by atoms with Crippen LogP contribution in [-0.4, -0.2) is 70.0 Å². The van der Waals surface area contributed by atoms with Crippen LogP contribution in [0.1, 0.15) is 12.6 Å². The summed E-state index contributed by atoms with van der Waals surface area (Å²) >= 11 is 0. The van der Waals surface area contributed by atoms with E-state index < -0.39 is 0 Å². The summed E-state index contributed by atoms with van der Waals surface area (Å²) in [6, 6.07) is 3.86. The van der Waals surface area contributed by atoms with Crippen molar-refractivity contribution in [2.24, 2.45) is 4.99 Å². The van der Waals surface area contributed by atoms with E-state index in [-0.39, 0.29) is 0 Å². The van der Waals surface area contributed by atoms with E-state index in [1.165, 1.54) is 0 Å². The van der Waals surface area contributed by atoms with Crippen LogP contribution < -0.4 is 5.32 Å². The SMILES string of the molecule is CCNC(=NCCn1cccn1)N1CCN(Cc2ccon2)CC1. The molecule has 1 aliphatic heterocycles. The maximum Gasteiger partial charge on any atom is 0.194 e. The van der Waals surface area contributed by atoms with Crippen LogP contribution in [0.3, 0.4) is 0 Å². The Morgan fingerprint density at radius 1 is 1.33 bits per heavy atom. The van der Waals surface area contributed by atoms with Crippen LogP contribution in [0.5, 0.6) is 0 Å². The molecule has 0 spiro atoms. The summed E-state index contributed by atoms with van der Waals surface area (Å²) in [7, 11) is 0. The quantitative estimate of drug-likeness (QED) is 0.619. The maximum atomic E-state index is 4.90. The van der Waals surface area contributed by atoms with Crippen molar-refractivity contribution in [3.8, 4) is 0 Å². The Hall–Kier alpha value is -2.35. The van der Waals surface area contributed by atoms with E-state index in [9.17, 15) is 0 Å². The van der Waals surface area contributed by atoms with Crippen LogP contribution in [0.2, 0.25) is 0 Å². The van der Waals surface area contributed by atoms with Gasteiger partial charge in [0.25, 0.3) is 0 Å². The van der Waals surface area contributed by atoms with Gasteiger partial charge in [0.1, 0.15) is 6.26 Å². The number of nitrogens with one attached hydrogen (secondary N) is 1. The van der Waals surface area contributed by atoms with Gasteiger partial charge in [-0.05, 0) is 13.0 Å². The molecule has 0 aliphatic carbocycles. The Labute approximate surface area is 142 Å². The third-order valence-corrected chi connectivity index (χ3v) is 4.03. The first-order chi connectivity index (χ1) is 11.8. The zero-order chi connectivity index (χ0) is 16.6.